The maximum absolute atomic E-state index is 12.6. The molecule has 1 heterocycles. The van der Waals surface area contributed by atoms with Crippen LogP contribution < -0.4 is 0 Å². The summed E-state index contributed by atoms with van der Waals surface area (Å²) in [7, 11) is 1.56. The smallest absolute Gasteiger partial charge is 0.333 e. The molecule has 22 heavy (non-hydrogen) atoms. The van der Waals surface area contributed by atoms with Crippen molar-refractivity contribution in [3.63, 3.8) is 0 Å². The van der Waals surface area contributed by atoms with Crippen molar-refractivity contribution in [2.24, 2.45) is 17.8 Å². The molecule has 0 spiro atoms. The van der Waals surface area contributed by atoms with Crippen molar-refractivity contribution in [3.8, 4) is 0 Å². The molecule has 0 aromatic heterocycles. The molecular weight excluding hydrogens is 297 g/mol. The first-order chi connectivity index (χ1) is 10.3. The van der Waals surface area contributed by atoms with Gasteiger partial charge in [0, 0.05) is 19.5 Å². The Kier molecular flexibility index (Phi) is 3.85. The summed E-state index contributed by atoms with van der Waals surface area (Å²) in [6.07, 6.45) is 0.105. The number of likely N-dealkylation sites (tertiary alicyclic amines) is 1. The number of rotatable bonds is 3. The molecule has 0 radical (unpaired) electrons. The van der Waals surface area contributed by atoms with E-state index in [1.54, 1.807) is 7.05 Å². The molecule has 3 fully saturated rings. The van der Waals surface area contributed by atoms with Crippen LogP contribution in [0.1, 0.15) is 32.1 Å². The number of carbonyl (C=O) groups excluding carboxylic acids is 2. The van der Waals surface area contributed by atoms with Gasteiger partial charge in [0.1, 0.15) is 12.6 Å². The van der Waals surface area contributed by atoms with Crippen LogP contribution in [0.2, 0.25) is 0 Å². The van der Waals surface area contributed by atoms with E-state index in [4.69, 9.17) is 0 Å². The second kappa shape index (κ2) is 5.42. The summed E-state index contributed by atoms with van der Waals surface area (Å²) in [5.41, 5.74) is 0. The molecular formula is C15H21F3N2O2. The highest BCUT2D eigenvalue weighted by atomic mass is 19.4. The average molecular weight is 318 g/mol. The van der Waals surface area contributed by atoms with E-state index in [9.17, 15) is 22.8 Å². The van der Waals surface area contributed by atoms with Gasteiger partial charge in [0.15, 0.2) is 0 Å². The molecule has 0 unspecified atom stereocenters. The first kappa shape index (κ1) is 15.6. The van der Waals surface area contributed by atoms with Gasteiger partial charge < -0.3 is 9.80 Å². The number of hydrogen-bond donors (Lipinski definition) is 0. The maximum atomic E-state index is 12.6. The lowest BCUT2D eigenvalue weighted by Gasteiger charge is -2.30. The van der Waals surface area contributed by atoms with Gasteiger partial charge in [-0.05, 0) is 37.5 Å². The Morgan fingerprint density at radius 3 is 2.55 bits per heavy atom. The van der Waals surface area contributed by atoms with Gasteiger partial charge in [0.2, 0.25) is 11.8 Å². The van der Waals surface area contributed by atoms with Crippen molar-refractivity contribution >= 4 is 11.8 Å². The lowest BCUT2D eigenvalue weighted by Crippen LogP contribution is -2.47. The second-order valence-electron chi connectivity index (χ2n) is 6.91. The quantitative estimate of drug-likeness (QED) is 0.799. The first-order valence-corrected chi connectivity index (χ1v) is 7.88. The highest BCUT2D eigenvalue weighted by molar-refractivity contribution is 5.90. The number of hydrogen-bond acceptors (Lipinski definition) is 2. The zero-order valence-corrected chi connectivity index (χ0v) is 12.6. The van der Waals surface area contributed by atoms with E-state index in [0.29, 0.717) is 11.8 Å². The van der Waals surface area contributed by atoms with E-state index in [2.05, 4.69) is 0 Å². The van der Waals surface area contributed by atoms with Crippen LogP contribution in [0.5, 0.6) is 0 Å². The average Bonchev–Trinajstić information content (AvgIpc) is 3.13. The fraction of sp³-hybridized carbons (Fsp3) is 0.867. The summed E-state index contributed by atoms with van der Waals surface area (Å²) in [6.45, 7) is -1.16. The molecule has 2 amide bonds. The predicted molar refractivity (Wildman–Crippen MR) is 72.7 cm³/mol. The van der Waals surface area contributed by atoms with Gasteiger partial charge in [-0.3, -0.25) is 9.59 Å². The van der Waals surface area contributed by atoms with Crippen molar-refractivity contribution in [1.82, 2.24) is 9.80 Å². The molecule has 0 N–H and O–H groups in total. The van der Waals surface area contributed by atoms with Gasteiger partial charge in [0.05, 0.1) is 0 Å². The van der Waals surface area contributed by atoms with Crippen LogP contribution >= 0.6 is 0 Å². The monoisotopic (exact) mass is 318 g/mol. The van der Waals surface area contributed by atoms with Crippen LogP contribution in [-0.2, 0) is 9.59 Å². The Balaban J connectivity index is 1.62. The Labute approximate surface area is 127 Å². The molecule has 1 aliphatic heterocycles. The van der Waals surface area contributed by atoms with Gasteiger partial charge in [-0.2, -0.15) is 13.2 Å². The van der Waals surface area contributed by atoms with E-state index < -0.39 is 24.7 Å². The van der Waals surface area contributed by atoms with Crippen LogP contribution in [-0.4, -0.2) is 54.0 Å². The number of nitrogens with zero attached hydrogens (tertiary/aromatic N) is 2. The van der Waals surface area contributed by atoms with Gasteiger partial charge >= 0.3 is 6.18 Å². The molecule has 7 heteroatoms. The van der Waals surface area contributed by atoms with E-state index in [0.717, 1.165) is 24.2 Å². The molecule has 1 saturated heterocycles. The minimum absolute atomic E-state index is 0.0341. The molecule has 4 nitrogen and oxygen atoms in total. The van der Waals surface area contributed by atoms with Gasteiger partial charge in [-0.1, -0.05) is 6.42 Å². The summed E-state index contributed by atoms with van der Waals surface area (Å²) in [5, 5.41) is 0. The summed E-state index contributed by atoms with van der Waals surface area (Å²) in [4.78, 5) is 27.0. The van der Waals surface area contributed by atoms with Crippen LogP contribution in [0.25, 0.3) is 0 Å². The highest BCUT2D eigenvalue weighted by Gasteiger charge is 2.47. The third kappa shape index (κ3) is 2.82. The highest BCUT2D eigenvalue weighted by Crippen LogP contribution is 2.49. The zero-order chi connectivity index (χ0) is 16.1. The van der Waals surface area contributed by atoms with Crippen molar-refractivity contribution < 1.29 is 22.8 Å². The van der Waals surface area contributed by atoms with Crippen molar-refractivity contribution in [2.75, 3.05) is 20.1 Å². The van der Waals surface area contributed by atoms with Gasteiger partial charge in [-0.15, -0.1) is 0 Å². The number of likely N-dealkylation sites (N-methyl/N-ethyl adjacent to an activating group) is 1. The molecule has 0 aromatic rings. The SMILES string of the molecule is CN(C(=O)[C@@H]1C[C@H]2CC[C@H]1C2)[C@@H]1CCN(CC(F)(F)F)C1=O. The molecule has 124 valence electrons. The largest absolute Gasteiger partial charge is 0.406 e. The number of alkyl halides is 3. The van der Waals surface area contributed by atoms with Gasteiger partial charge in [-0.25, -0.2) is 0 Å². The first-order valence-electron chi connectivity index (χ1n) is 7.88. The summed E-state index contributed by atoms with van der Waals surface area (Å²) in [5.74, 6) is 0.361. The lowest BCUT2D eigenvalue weighted by atomic mass is 9.87. The Hall–Kier alpha value is -1.27. The van der Waals surface area contributed by atoms with Crippen LogP contribution in [0, 0.1) is 17.8 Å². The molecule has 2 saturated carbocycles. The Morgan fingerprint density at radius 1 is 1.27 bits per heavy atom. The standard InChI is InChI=1S/C15H21F3N2O2/c1-19(13(21)11-7-9-2-3-10(11)6-9)12-4-5-20(14(12)22)8-15(16,17)18/h9-12H,2-8H2,1H3/t9-,10-,11+,12+/m0/s1. The topological polar surface area (TPSA) is 40.6 Å². The Bertz CT molecular complexity index is 480. The third-order valence-electron chi connectivity index (χ3n) is 5.51. The van der Waals surface area contributed by atoms with Crippen molar-refractivity contribution in [1.29, 1.82) is 0 Å². The molecule has 3 rings (SSSR count). The van der Waals surface area contributed by atoms with Crippen molar-refractivity contribution in [3.05, 3.63) is 0 Å². The molecule has 0 aromatic carbocycles. The summed E-state index contributed by atoms with van der Waals surface area (Å²) >= 11 is 0. The predicted octanol–water partition coefficient (Wildman–Crippen LogP) is 2.04. The normalized spacial score (nSPS) is 34.5. The minimum Gasteiger partial charge on any atom is -0.333 e. The van der Waals surface area contributed by atoms with Gasteiger partial charge in [0.25, 0.3) is 0 Å². The van der Waals surface area contributed by atoms with Crippen molar-refractivity contribution in [2.45, 2.75) is 44.3 Å². The number of halogens is 3. The molecule has 2 bridgehead atoms. The third-order valence-corrected chi connectivity index (χ3v) is 5.51. The number of carbonyl (C=O) groups is 2. The minimum atomic E-state index is -4.39. The van der Waals surface area contributed by atoms with Crippen LogP contribution in [0.15, 0.2) is 0 Å². The number of amides is 2. The fourth-order valence-corrected chi connectivity index (χ4v) is 4.42. The van der Waals surface area contributed by atoms with E-state index in [1.165, 1.54) is 11.3 Å². The maximum Gasteiger partial charge on any atom is 0.406 e. The molecule has 4 atom stereocenters. The molecule has 2 aliphatic carbocycles. The van der Waals surface area contributed by atoms with Crippen LogP contribution in [0.4, 0.5) is 13.2 Å². The van der Waals surface area contributed by atoms with E-state index >= 15 is 0 Å². The zero-order valence-electron chi connectivity index (χ0n) is 12.6. The second-order valence-corrected chi connectivity index (χ2v) is 6.91. The van der Waals surface area contributed by atoms with E-state index in [-0.39, 0.29) is 24.8 Å². The fourth-order valence-electron chi connectivity index (χ4n) is 4.42. The van der Waals surface area contributed by atoms with Crippen LogP contribution in [0.3, 0.4) is 0 Å². The number of fused-ring (bicyclic) bond motifs is 2. The summed E-state index contributed by atoms with van der Waals surface area (Å²) in [6, 6.07) is -0.728. The lowest BCUT2D eigenvalue weighted by molar-refractivity contribution is -0.160. The Morgan fingerprint density at radius 2 is 2.00 bits per heavy atom. The van der Waals surface area contributed by atoms with E-state index in [1.807, 2.05) is 0 Å². The summed E-state index contributed by atoms with van der Waals surface area (Å²) < 4.78 is 37.3. The molecule has 3 aliphatic rings.